The Morgan fingerprint density at radius 2 is 1.81 bits per heavy atom. The van der Waals surface area contributed by atoms with Crippen molar-refractivity contribution in [2.75, 3.05) is 18.1 Å². The number of anilines is 1. The van der Waals surface area contributed by atoms with Crippen LogP contribution in [-0.4, -0.2) is 23.6 Å². The van der Waals surface area contributed by atoms with E-state index in [4.69, 9.17) is 4.74 Å². The monoisotopic (exact) mass is 284 g/mol. The van der Waals surface area contributed by atoms with E-state index in [1.807, 2.05) is 62.1 Å². The molecule has 0 aliphatic carbocycles. The van der Waals surface area contributed by atoms with Crippen molar-refractivity contribution in [2.45, 2.75) is 26.8 Å². The van der Waals surface area contributed by atoms with Gasteiger partial charge >= 0.3 is 0 Å². The normalized spacial score (nSPS) is 15.3. The minimum Gasteiger partial charge on any atom is -0.490 e. The van der Waals surface area contributed by atoms with Crippen molar-refractivity contribution in [1.29, 1.82) is 0 Å². The first-order valence-corrected chi connectivity index (χ1v) is 7.27. The summed E-state index contributed by atoms with van der Waals surface area (Å²) in [5.41, 5.74) is 3.08. The summed E-state index contributed by atoms with van der Waals surface area (Å²) in [4.78, 5) is 14.7. The maximum absolute atomic E-state index is 12.9. The third-order valence-electron chi connectivity index (χ3n) is 4.06. The summed E-state index contributed by atoms with van der Waals surface area (Å²) in [6.07, 6.45) is 0. The van der Waals surface area contributed by atoms with Gasteiger partial charge in [0.2, 0.25) is 5.91 Å². The van der Waals surface area contributed by atoms with Crippen molar-refractivity contribution in [1.82, 2.24) is 4.57 Å². The van der Waals surface area contributed by atoms with Crippen LogP contribution in [0, 0.1) is 13.8 Å². The summed E-state index contributed by atoms with van der Waals surface area (Å²) in [5.74, 6) is 0.887. The van der Waals surface area contributed by atoms with Gasteiger partial charge in [-0.25, -0.2) is 0 Å². The van der Waals surface area contributed by atoms with Crippen LogP contribution in [0.2, 0.25) is 0 Å². The number of hydrogen-bond acceptors (Lipinski definition) is 2. The van der Waals surface area contributed by atoms with E-state index in [0.29, 0.717) is 13.2 Å². The van der Waals surface area contributed by atoms with Crippen LogP contribution in [0.5, 0.6) is 5.75 Å². The molecular weight excluding hydrogens is 264 g/mol. The lowest BCUT2D eigenvalue weighted by atomic mass is 10.2. The quantitative estimate of drug-likeness (QED) is 0.849. The van der Waals surface area contributed by atoms with Crippen LogP contribution < -0.4 is 9.64 Å². The molecule has 4 heteroatoms. The van der Waals surface area contributed by atoms with Crippen LogP contribution in [0.4, 0.5) is 5.69 Å². The van der Waals surface area contributed by atoms with Gasteiger partial charge in [0, 0.05) is 11.4 Å². The second-order valence-corrected chi connectivity index (χ2v) is 5.47. The Bertz CT molecular complexity index is 656. The first kappa shape index (κ1) is 13.7. The molecular formula is C17H20N2O2. The van der Waals surface area contributed by atoms with Crippen LogP contribution >= 0.6 is 0 Å². The highest BCUT2D eigenvalue weighted by Crippen LogP contribution is 2.32. The molecule has 0 unspecified atom stereocenters. The summed E-state index contributed by atoms with van der Waals surface area (Å²) >= 11 is 0. The van der Waals surface area contributed by atoms with E-state index in [2.05, 4.69) is 4.57 Å². The Labute approximate surface area is 124 Å². The second kappa shape index (κ2) is 5.28. The molecule has 0 fully saturated rings. The fourth-order valence-corrected chi connectivity index (χ4v) is 3.03. The van der Waals surface area contributed by atoms with Gasteiger partial charge in [-0.1, -0.05) is 12.1 Å². The molecule has 1 atom stereocenters. The smallest absolute Gasteiger partial charge is 0.249 e. The summed E-state index contributed by atoms with van der Waals surface area (Å²) in [6.45, 7) is 7.16. The topological polar surface area (TPSA) is 34.5 Å². The van der Waals surface area contributed by atoms with Crippen LogP contribution in [-0.2, 0) is 4.79 Å². The van der Waals surface area contributed by atoms with Gasteiger partial charge in [0.1, 0.15) is 18.4 Å². The van der Waals surface area contributed by atoms with Gasteiger partial charge in [-0.3, -0.25) is 4.79 Å². The largest absolute Gasteiger partial charge is 0.490 e. The molecule has 1 aromatic heterocycles. The third kappa shape index (κ3) is 2.31. The van der Waals surface area contributed by atoms with Crippen LogP contribution in [0.1, 0.15) is 24.4 Å². The Morgan fingerprint density at radius 3 is 2.52 bits per heavy atom. The van der Waals surface area contributed by atoms with E-state index in [1.54, 1.807) is 0 Å². The third-order valence-corrected chi connectivity index (χ3v) is 4.06. The van der Waals surface area contributed by atoms with Crippen molar-refractivity contribution in [3.63, 3.8) is 0 Å². The zero-order valence-corrected chi connectivity index (χ0v) is 12.7. The van der Waals surface area contributed by atoms with Crippen molar-refractivity contribution in [3.05, 3.63) is 47.8 Å². The lowest BCUT2D eigenvalue weighted by Gasteiger charge is -2.32. The number of hydrogen-bond donors (Lipinski definition) is 0. The molecule has 1 amide bonds. The molecule has 3 rings (SSSR count). The summed E-state index contributed by atoms with van der Waals surface area (Å²) in [6, 6.07) is 11.6. The second-order valence-electron chi connectivity index (χ2n) is 5.47. The number of carbonyl (C=O) groups is 1. The molecule has 21 heavy (non-hydrogen) atoms. The molecule has 0 bridgehead atoms. The van der Waals surface area contributed by atoms with Gasteiger partial charge < -0.3 is 14.2 Å². The van der Waals surface area contributed by atoms with E-state index in [-0.39, 0.29) is 11.9 Å². The lowest BCUT2D eigenvalue weighted by molar-refractivity contribution is -0.121. The van der Waals surface area contributed by atoms with E-state index in [0.717, 1.165) is 22.8 Å². The predicted molar refractivity (Wildman–Crippen MR) is 82.9 cm³/mol. The number of carbonyl (C=O) groups excluding carboxylic acids is 1. The number of nitrogens with zero attached hydrogens (tertiary/aromatic N) is 2. The zero-order chi connectivity index (χ0) is 15.0. The van der Waals surface area contributed by atoms with Crippen LogP contribution in [0.25, 0.3) is 0 Å². The fraction of sp³-hybridized carbons (Fsp3) is 0.353. The Balaban J connectivity index is 1.93. The van der Waals surface area contributed by atoms with Gasteiger partial charge in [-0.15, -0.1) is 0 Å². The summed E-state index contributed by atoms with van der Waals surface area (Å²) in [5, 5.41) is 0. The molecule has 2 aromatic rings. The van der Waals surface area contributed by atoms with E-state index >= 15 is 0 Å². The standard InChI is InChI=1S/C17H20N2O2/c1-12-8-9-13(2)19(12)14(3)17(20)18-10-11-21-16-7-5-4-6-15(16)18/h4-9,14H,10-11H2,1-3H3/t14-/m1/s1. The summed E-state index contributed by atoms with van der Waals surface area (Å²) < 4.78 is 7.70. The Morgan fingerprint density at radius 1 is 1.14 bits per heavy atom. The number of aryl methyl sites for hydroxylation is 2. The molecule has 0 N–H and O–H groups in total. The zero-order valence-electron chi connectivity index (χ0n) is 12.7. The average molecular weight is 284 g/mol. The SMILES string of the molecule is Cc1ccc(C)n1[C@H](C)C(=O)N1CCOc2ccccc21. The average Bonchev–Trinajstić information content (AvgIpc) is 2.84. The van der Waals surface area contributed by atoms with Gasteiger partial charge in [-0.2, -0.15) is 0 Å². The number of fused-ring (bicyclic) bond motifs is 1. The summed E-state index contributed by atoms with van der Waals surface area (Å²) in [7, 11) is 0. The van der Waals surface area contributed by atoms with E-state index in [9.17, 15) is 4.79 Å². The number of ether oxygens (including phenoxy) is 1. The number of benzene rings is 1. The van der Waals surface area contributed by atoms with Gasteiger partial charge in [-0.05, 0) is 45.0 Å². The highest BCUT2D eigenvalue weighted by Gasteiger charge is 2.28. The molecule has 0 saturated carbocycles. The van der Waals surface area contributed by atoms with E-state index < -0.39 is 0 Å². The van der Waals surface area contributed by atoms with Crippen molar-refractivity contribution in [3.8, 4) is 5.75 Å². The minimum atomic E-state index is -0.217. The van der Waals surface area contributed by atoms with Crippen molar-refractivity contribution in [2.24, 2.45) is 0 Å². The molecule has 4 nitrogen and oxygen atoms in total. The highest BCUT2D eigenvalue weighted by molar-refractivity contribution is 5.97. The maximum Gasteiger partial charge on any atom is 0.249 e. The van der Waals surface area contributed by atoms with Crippen molar-refractivity contribution >= 4 is 11.6 Å². The predicted octanol–water partition coefficient (Wildman–Crippen LogP) is 3.09. The molecule has 0 spiro atoms. The number of rotatable bonds is 2. The fourth-order valence-electron chi connectivity index (χ4n) is 3.03. The Kier molecular flexibility index (Phi) is 3.45. The number of para-hydroxylation sites is 2. The van der Waals surface area contributed by atoms with Gasteiger partial charge in [0.25, 0.3) is 0 Å². The molecule has 2 heterocycles. The van der Waals surface area contributed by atoms with E-state index in [1.165, 1.54) is 0 Å². The minimum absolute atomic E-state index is 0.105. The maximum atomic E-state index is 12.9. The van der Waals surface area contributed by atoms with Gasteiger partial charge in [0.15, 0.2) is 0 Å². The number of amides is 1. The first-order chi connectivity index (χ1) is 10.1. The number of aromatic nitrogens is 1. The molecule has 110 valence electrons. The first-order valence-electron chi connectivity index (χ1n) is 7.27. The highest BCUT2D eigenvalue weighted by atomic mass is 16.5. The lowest BCUT2D eigenvalue weighted by Crippen LogP contribution is -2.41. The molecule has 1 aromatic carbocycles. The van der Waals surface area contributed by atoms with Gasteiger partial charge in [0.05, 0.1) is 12.2 Å². The van der Waals surface area contributed by atoms with Crippen LogP contribution in [0.15, 0.2) is 36.4 Å². The molecule has 1 aliphatic rings. The molecule has 1 aliphatic heterocycles. The molecule has 0 saturated heterocycles. The van der Waals surface area contributed by atoms with Crippen LogP contribution in [0.3, 0.4) is 0 Å². The Hall–Kier alpha value is -2.23. The van der Waals surface area contributed by atoms with Crippen molar-refractivity contribution < 1.29 is 9.53 Å². The molecule has 0 radical (unpaired) electrons.